The van der Waals surface area contributed by atoms with Crippen molar-refractivity contribution in [3.8, 4) is 0 Å². The van der Waals surface area contributed by atoms with Crippen molar-refractivity contribution in [2.45, 2.75) is 56.7 Å². The van der Waals surface area contributed by atoms with Gasteiger partial charge < -0.3 is 10.6 Å². The number of hydrogen-bond donors (Lipinski definition) is 3. The van der Waals surface area contributed by atoms with E-state index in [4.69, 9.17) is 0 Å². The number of imide groups is 2. The van der Waals surface area contributed by atoms with Gasteiger partial charge in [0.05, 0.1) is 11.1 Å². The second kappa shape index (κ2) is 7.28. The highest BCUT2D eigenvalue weighted by Crippen LogP contribution is 2.37. The lowest BCUT2D eigenvalue weighted by molar-refractivity contribution is -0.136. The molecule has 3 heterocycles. The Morgan fingerprint density at radius 1 is 1.10 bits per heavy atom. The van der Waals surface area contributed by atoms with Gasteiger partial charge in [-0.15, -0.1) is 0 Å². The number of nitrogens with zero attached hydrogens (tertiary/aromatic N) is 1. The summed E-state index contributed by atoms with van der Waals surface area (Å²) in [5.74, 6) is -1.09. The number of hydrogen-bond acceptors (Lipinski definition) is 6. The van der Waals surface area contributed by atoms with Crippen molar-refractivity contribution in [3.05, 3.63) is 34.9 Å². The van der Waals surface area contributed by atoms with Crippen LogP contribution in [0.4, 0.5) is 0 Å². The summed E-state index contributed by atoms with van der Waals surface area (Å²) in [6, 6.07) is 4.34. The molecule has 4 amide bonds. The maximum atomic E-state index is 12.9. The topological polar surface area (TPSA) is 108 Å². The van der Waals surface area contributed by atoms with Gasteiger partial charge in [-0.2, -0.15) is 0 Å². The predicted octanol–water partition coefficient (Wildman–Crippen LogP) is 0.710. The minimum absolute atomic E-state index is 0.121. The first-order valence-corrected chi connectivity index (χ1v) is 10.8. The quantitative estimate of drug-likeness (QED) is 0.617. The fraction of sp³-hybridized carbons (Fsp3) is 0.545. The zero-order valence-corrected chi connectivity index (χ0v) is 16.8. The van der Waals surface area contributed by atoms with Crippen LogP contribution in [0.15, 0.2) is 18.2 Å². The van der Waals surface area contributed by atoms with E-state index in [2.05, 4.69) is 16.0 Å². The largest absolute Gasteiger partial charge is 0.311 e. The molecule has 0 aromatic heterocycles. The Balaban J connectivity index is 1.27. The zero-order chi connectivity index (χ0) is 20.9. The van der Waals surface area contributed by atoms with Gasteiger partial charge in [-0.25, -0.2) is 0 Å². The van der Waals surface area contributed by atoms with Crippen LogP contribution in [0.1, 0.15) is 64.8 Å². The van der Waals surface area contributed by atoms with Gasteiger partial charge in [0.2, 0.25) is 11.8 Å². The molecular formula is C22H26N4O4. The smallest absolute Gasteiger partial charge is 0.262 e. The van der Waals surface area contributed by atoms with Gasteiger partial charge in [0.15, 0.2) is 0 Å². The lowest BCUT2D eigenvalue weighted by Crippen LogP contribution is -2.54. The summed E-state index contributed by atoms with van der Waals surface area (Å²) in [4.78, 5) is 50.2. The molecule has 2 unspecified atom stereocenters. The molecule has 158 valence electrons. The van der Waals surface area contributed by atoms with E-state index in [9.17, 15) is 19.2 Å². The number of piperidine rings is 1. The van der Waals surface area contributed by atoms with Gasteiger partial charge in [-0.05, 0) is 55.8 Å². The molecule has 1 saturated carbocycles. The van der Waals surface area contributed by atoms with E-state index in [0.717, 1.165) is 29.5 Å². The van der Waals surface area contributed by atoms with Gasteiger partial charge >= 0.3 is 0 Å². The Kier molecular flexibility index (Phi) is 4.71. The van der Waals surface area contributed by atoms with E-state index < -0.39 is 23.8 Å². The molecule has 3 atom stereocenters. The van der Waals surface area contributed by atoms with Crippen LogP contribution in [0.2, 0.25) is 0 Å². The van der Waals surface area contributed by atoms with Crippen LogP contribution < -0.4 is 16.0 Å². The number of rotatable bonds is 5. The maximum Gasteiger partial charge on any atom is 0.262 e. The Hall–Kier alpha value is -2.58. The zero-order valence-electron chi connectivity index (χ0n) is 16.8. The van der Waals surface area contributed by atoms with Crippen molar-refractivity contribution in [1.29, 1.82) is 0 Å². The first-order chi connectivity index (χ1) is 14.5. The van der Waals surface area contributed by atoms with Crippen LogP contribution in [-0.4, -0.2) is 53.2 Å². The summed E-state index contributed by atoms with van der Waals surface area (Å²) in [6.45, 7) is 2.60. The number of amides is 4. The standard InChI is InChI=1S/C22H26N4O4/c27-18-6-5-17(19(28)25-18)26-20(29)15-4-3-13(8-16(15)21(26)30)10-23-12-22-7-1-2-14(9-22)11-24-22/h3-4,8,14,17,23-24H,1-2,5-7,9-12H2,(H,25,27,28)/t14?,17?,22-/m0/s1. The maximum absolute atomic E-state index is 12.9. The summed E-state index contributed by atoms with van der Waals surface area (Å²) in [7, 11) is 0. The Morgan fingerprint density at radius 2 is 1.93 bits per heavy atom. The third kappa shape index (κ3) is 3.24. The van der Waals surface area contributed by atoms with Gasteiger partial charge in [0.1, 0.15) is 6.04 Å². The molecule has 2 bridgehead atoms. The molecule has 1 aromatic rings. The van der Waals surface area contributed by atoms with Crippen LogP contribution in [0.3, 0.4) is 0 Å². The van der Waals surface area contributed by atoms with Crippen molar-refractivity contribution >= 4 is 23.6 Å². The first-order valence-electron chi connectivity index (χ1n) is 10.8. The van der Waals surface area contributed by atoms with E-state index in [-0.39, 0.29) is 24.3 Å². The SMILES string of the molecule is O=C1CCC(N2C(=O)c3ccc(CNC[C@@]45CCCC(CN4)C5)cc3C2=O)C(=O)N1. The van der Waals surface area contributed by atoms with Crippen LogP contribution in [0.5, 0.6) is 0 Å². The van der Waals surface area contributed by atoms with Crippen LogP contribution in [0.25, 0.3) is 0 Å². The highest BCUT2D eigenvalue weighted by molar-refractivity contribution is 6.23. The van der Waals surface area contributed by atoms with Gasteiger partial charge in [0, 0.05) is 25.0 Å². The molecule has 5 rings (SSSR count). The Labute approximate surface area is 174 Å². The van der Waals surface area contributed by atoms with Gasteiger partial charge in [-0.1, -0.05) is 12.5 Å². The van der Waals surface area contributed by atoms with E-state index in [1.165, 1.54) is 25.7 Å². The fourth-order valence-corrected chi connectivity index (χ4v) is 5.48. The van der Waals surface area contributed by atoms with Crippen molar-refractivity contribution in [2.75, 3.05) is 13.1 Å². The molecule has 4 aliphatic rings. The number of carbonyl (C=O) groups is 4. The molecule has 1 aliphatic carbocycles. The highest BCUT2D eigenvalue weighted by atomic mass is 16.2. The Bertz CT molecular complexity index is 941. The number of benzene rings is 1. The molecule has 8 nitrogen and oxygen atoms in total. The second-order valence-electron chi connectivity index (χ2n) is 9.05. The van der Waals surface area contributed by atoms with Gasteiger partial charge in [0.25, 0.3) is 11.8 Å². The molecule has 0 radical (unpaired) electrons. The third-order valence-corrected chi connectivity index (χ3v) is 7.01. The molecule has 8 heteroatoms. The summed E-state index contributed by atoms with van der Waals surface area (Å²) in [5, 5.41) is 9.43. The second-order valence-corrected chi connectivity index (χ2v) is 9.05. The van der Waals surface area contributed by atoms with Crippen LogP contribution in [-0.2, 0) is 16.1 Å². The third-order valence-electron chi connectivity index (χ3n) is 7.01. The highest BCUT2D eigenvalue weighted by Gasteiger charge is 2.45. The normalized spacial score (nSPS) is 30.6. The fourth-order valence-electron chi connectivity index (χ4n) is 5.48. The number of carbonyl (C=O) groups excluding carboxylic acids is 4. The monoisotopic (exact) mass is 410 g/mol. The lowest BCUT2D eigenvalue weighted by Gasteiger charge is -2.33. The Morgan fingerprint density at radius 3 is 2.77 bits per heavy atom. The molecule has 3 fully saturated rings. The summed E-state index contributed by atoms with van der Waals surface area (Å²) in [5.41, 5.74) is 1.77. The molecule has 3 N–H and O–H groups in total. The molecule has 1 aromatic carbocycles. The van der Waals surface area contributed by atoms with E-state index in [1.54, 1.807) is 12.1 Å². The average molecular weight is 410 g/mol. The van der Waals surface area contributed by atoms with Crippen molar-refractivity contribution in [3.63, 3.8) is 0 Å². The summed E-state index contributed by atoms with van der Waals surface area (Å²) < 4.78 is 0. The van der Waals surface area contributed by atoms with Crippen molar-refractivity contribution in [2.24, 2.45) is 5.92 Å². The van der Waals surface area contributed by atoms with E-state index >= 15 is 0 Å². The number of nitrogens with one attached hydrogen (secondary N) is 3. The average Bonchev–Trinajstić information content (AvgIpc) is 3.15. The van der Waals surface area contributed by atoms with E-state index in [1.807, 2.05) is 6.07 Å². The van der Waals surface area contributed by atoms with E-state index in [0.29, 0.717) is 17.7 Å². The predicted molar refractivity (Wildman–Crippen MR) is 108 cm³/mol. The van der Waals surface area contributed by atoms with Crippen LogP contribution >= 0.6 is 0 Å². The molecule has 3 aliphatic heterocycles. The lowest BCUT2D eigenvalue weighted by atomic mass is 9.80. The van der Waals surface area contributed by atoms with Crippen molar-refractivity contribution < 1.29 is 19.2 Å². The first kappa shape index (κ1) is 19.4. The molecular weight excluding hydrogens is 384 g/mol. The minimum atomic E-state index is -0.927. The molecule has 0 spiro atoms. The van der Waals surface area contributed by atoms with Crippen molar-refractivity contribution in [1.82, 2.24) is 20.9 Å². The minimum Gasteiger partial charge on any atom is -0.311 e. The number of fused-ring (bicyclic) bond motifs is 3. The van der Waals surface area contributed by atoms with Gasteiger partial charge in [-0.3, -0.25) is 29.4 Å². The summed E-state index contributed by atoms with van der Waals surface area (Å²) >= 11 is 0. The molecule has 30 heavy (non-hydrogen) atoms. The molecule has 2 saturated heterocycles. The van der Waals surface area contributed by atoms with Crippen LogP contribution in [0, 0.1) is 5.92 Å². The summed E-state index contributed by atoms with van der Waals surface area (Å²) in [6.07, 6.45) is 5.29.